The minimum Gasteiger partial charge on any atom is -0.480 e. The Morgan fingerprint density at radius 1 is 0.922 bits per heavy atom. The first-order valence-electron chi connectivity index (χ1n) is 17.0. The molecule has 0 saturated carbocycles. The number of carboxylic acid groups (broad SMARTS) is 1. The molecule has 0 aliphatic heterocycles. The van der Waals surface area contributed by atoms with E-state index in [1.165, 1.54) is 16.3 Å². The molecular formula is C40H48N6O5. The molecule has 1 atom stereocenters. The lowest BCUT2D eigenvalue weighted by atomic mass is 10.1. The third-order valence-corrected chi connectivity index (χ3v) is 7.85. The van der Waals surface area contributed by atoms with E-state index in [4.69, 9.17) is 10.5 Å². The highest BCUT2D eigenvalue weighted by Gasteiger charge is 2.24. The summed E-state index contributed by atoms with van der Waals surface area (Å²) < 4.78 is 5.57. The van der Waals surface area contributed by atoms with Crippen LogP contribution in [0.15, 0.2) is 109 Å². The Labute approximate surface area is 299 Å². The molecule has 2 amide bonds. The largest absolute Gasteiger partial charge is 0.480 e. The van der Waals surface area contributed by atoms with Crippen LogP contribution in [0.4, 0.5) is 4.79 Å². The molecule has 11 heteroatoms. The van der Waals surface area contributed by atoms with Gasteiger partial charge in [-0.25, -0.2) is 9.59 Å². The lowest BCUT2D eigenvalue weighted by Crippen LogP contribution is -2.41. The summed E-state index contributed by atoms with van der Waals surface area (Å²) in [5.41, 5.74) is 9.07. The van der Waals surface area contributed by atoms with Crippen LogP contribution in [0.5, 0.6) is 0 Å². The lowest BCUT2D eigenvalue weighted by molar-refractivity contribution is -0.139. The van der Waals surface area contributed by atoms with Crippen molar-refractivity contribution >= 4 is 28.7 Å². The number of H-pyrrole nitrogens is 1. The average molecular weight is 693 g/mol. The van der Waals surface area contributed by atoms with E-state index in [2.05, 4.69) is 44.9 Å². The number of fused-ring (bicyclic) bond motifs is 1. The smallest absolute Gasteiger partial charge is 0.410 e. The molecule has 6 N–H and O–H groups in total. The maximum absolute atomic E-state index is 12.9. The normalized spacial score (nSPS) is 11.6. The zero-order chi connectivity index (χ0) is 36.6. The number of nitrogens with zero attached hydrogens (tertiary/aromatic N) is 2. The fourth-order valence-corrected chi connectivity index (χ4v) is 5.28. The van der Waals surface area contributed by atoms with Crippen LogP contribution in [0, 0.1) is 0 Å². The summed E-state index contributed by atoms with van der Waals surface area (Å²) >= 11 is 0. The Hall–Kier alpha value is -5.52. The molecule has 2 heterocycles. The molecule has 51 heavy (non-hydrogen) atoms. The van der Waals surface area contributed by atoms with Crippen LogP contribution in [-0.4, -0.2) is 56.1 Å². The van der Waals surface area contributed by atoms with E-state index >= 15 is 0 Å². The van der Waals surface area contributed by atoms with E-state index in [1.807, 2.05) is 75.5 Å². The monoisotopic (exact) mass is 692 g/mol. The number of carboxylic acids is 1. The Bertz CT molecular complexity index is 1820. The van der Waals surface area contributed by atoms with Crippen LogP contribution in [-0.2, 0) is 35.7 Å². The highest BCUT2D eigenvalue weighted by atomic mass is 16.6. The number of hydrogen-bond acceptors (Lipinski definition) is 7. The van der Waals surface area contributed by atoms with Gasteiger partial charge in [-0.3, -0.25) is 14.7 Å². The first-order chi connectivity index (χ1) is 24.5. The van der Waals surface area contributed by atoms with Crippen LogP contribution >= 0.6 is 0 Å². The number of hydrogen-bond donors (Lipinski definition) is 5. The molecule has 0 aliphatic carbocycles. The Morgan fingerprint density at radius 3 is 2.33 bits per heavy atom. The number of carbonyl (C=O) groups excluding carboxylic acids is 2. The average Bonchev–Trinajstić information content (AvgIpc) is 3.64. The number of carbonyl (C=O) groups is 3. The lowest BCUT2D eigenvalue weighted by Gasteiger charge is -2.27. The third kappa shape index (κ3) is 12.7. The predicted octanol–water partition coefficient (Wildman–Crippen LogP) is 6.40. The summed E-state index contributed by atoms with van der Waals surface area (Å²) in [7, 11) is 0. The Morgan fingerprint density at radius 2 is 1.67 bits per heavy atom. The Balaban J connectivity index is 0.000000405. The van der Waals surface area contributed by atoms with Crippen LogP contribution in [0.3, 0.4) is 0 Å². The predicted molar refractivity (Wildman–Crippen MR) is 199 cm³/mol. The maximum Gasteiger partial charge on any atom is 0.410 e. The number of amides is 2. The number of benzene rings is 3. The summed E-state index contributed by atoms with van der Waals surface area (Å²) in [6.07, 6.45) is 3.93. The first kappa shape index (κ1) is 38.3. The van der Waals surface area contributed by atoms with E-state index in [0.29, 0.717) is 38.0 Å². The molecule has 5 aromatic rings. The molecule has 0 spiro atoms. The highest BCUT2D eigenvalue weighted by molar-refractivity contribution is 5.96. The van der Waals surface area contributed by atoms with Crippen molar-refractivity contribution in [3.05, 3.63) is 138 Å². The van der Waals surface area contributed by atoms with Crippen molar-refractivity contribution in [2.75, 3.05) is 6.54 Å². The van der Waals surface area contributed by atoms with Crippen molar-refractivity contribution in [2.45, 2.75) is 71.4 Å². The molecule has 0 saturated heterocycles. The number of nitrogens with one attached hydrogen (secondary N) is 3. The van der Waals surface area contributed by atoms with E-state index in [-0.39, 0.29) is 13.1 Å². The number of pyridine rings is 1. The van der Waals surface area contributed by atoms with E-state index in [0.717, 1.165) is 17.0 Å². The van der Waals surface area contributed by atoms with Crippen LogP contribution in [0.1, 0.15) is 66.5 Å². The van der Waals surface area contributed by atoms with Crippen LogP contribution in [0.2, 0.25) is 0 Å². The summed E-state index contributed by atoms with van der Waals surface area (Å²) in [5.74, 6) is -1.54. The van der Waals surface area contributed by atoms with E-state index < -0.39 is 29.6 Å². The summed E-state index contributed by atoms with van der Waals surface area (Å²) in [6, 6.07) is 29.6. The van der Waals surface area contributed by atoms with Crippen molar-refractivity contribution in [3.8, 4) is 0 Å². The van der Waals surface area contributed by atoms with Gasteiger partial charge in [-0.15, -0.1) is 0 Å². The molecule has 268 valence electrons. The summed E-state index contributed by atoms with van der Waals surface area (Å²) in [5, 5.41) is 18.0. The molecule has 0 fully saturated rings. The molecule has 0 aliphatic rings. The quantitative estimate of drug-likeness (QED) is 0.0836. The topological polar surface area (TPSA) is 163 Å². The molecule has 2 aromatic heterocycles. The molecular weight excluding hydrogens is 644 g/mol. The molecule has 0 unspecified atom stereocenters. The van der Waals surface area contributed by atoms with Gasteiger partial charge in [-0.1, -0.05) is 60.7 Å². The van der Waals surface area contributed by atoms with Crippen molar-refractivity contribution in [1.29, 1.82) is 0 Å². The van der Waals surface area contributed by atoms with Crippen molar-refractivity contribution in [1.82, 2.24) is 25.5 Å². The van der Waals surface area contributed by atoms with Gasteiger partial charge in [0.05, 0.1) is 12.2 Å². The van der Waals surface area contributed by atoms with Gasteiger partial charge in [0.15, 0.2) is 0 Å². The van der Waals surface area contributed by atoms with Gasteiger partial charge in [0.25, 0.3) is 5.91 Å². The standard InChI is InChI=1S/C29H37N5O5.C11H11N/c1-29(2,3)39-28(38)34(20-24-8-4-5-16-32-24)19-21-11-13-22(14-12-21)26(35)33-25(27(36)37)10-7-15-30-18-23-9-6-17-31-23;12-8-10-6-3-5-9-4-1-2-7-11(9)10/h4-6,8-9,11-14,16-17,25,30-31H,7,10,15,18-20H2,1-3H3,(H,33,35)(H,36,37);1-7H,8,12H2/t25-;/m0./s1. The number of nitrogens with two attached hydrogens (primary N) is 1. The highest BCUT2D eigenvalue weighted by Crippen LogP contribution is 2.18. The molecule has 5 rings (SSSR count). The molecule has 0 bridgehead atoms. The first-order valence-corrected chi connectivity index (χ1v) is 17.0. The van der Waals surface area contributed by atoms with Crippen LogP contribution in [0.25, 0.3) is 10.8 Å². The van der Waals surface area contributed by atoms with Crippen molar-refractivity contribution < 1.29 is 24.2 Å². The number of aromatic amines is 1. The van der Waals surface area contributed by atoms with Gasteiger partial charge >= 0.3 is 12.1 Å². The second-order valence-electron chi connectivity index (χ2n) is 13.1. The van der Waals surface area contributed by atoms with Gasteiger partial charge in [0.1, 0.15) is 11.6 Å². The fourth-order valence-electron chi connectivity index (χ4n) is 5.28. The summed E-state index contributed by atoms with van der Waals surface area (Å²) in [6.45, 7) is 7.84. The molecule has 3 aromatic carbocycles. The third-order valence-electron chi connectivity index (χ3n) is 7.85. The van der Waals surface area contributed by atoms with E-state index in [9.17, 15) is 19.5 Å². The Kier molecular flexibility index (Phi) is 14.3. The van der Waals surface area contributed by atoms with Gasteiger partial charge in [-0.05, 0) is 98.5 Å². The molecule has 11 nitrogen and oxygen atoms in total. The van der Waals surface area contributed by atoms with Crippen molar-refractivity contribution in [3.63, 3.8) is 0 Å². The number of aliphatic carboxylic acids is 1. The SMILES string of the molecule is CC(C)(C)OC(=O)N(Cc1ccc(C(=O)N[C@@H](CCCNCc2ccc[nH]2)C(=O)O)cc1)Cc1ccccn1.NCc1cccc2ccccc12. The summed E-state index contributed by atoms with van der Waals surface area (Å²) in [4.78, 5) is 46.3. The van der Waals surface area contributed by atoms with Gasteiger partial charge < -0.3 is 31.2 Å². The zero-order valence-electron chi connectivity index (χ0n) is 29.5. The number of ether oxygens (including phenoxy) is 1. The minimum atomic E-state index is -1.08. The minimum absolute atomic E-state index is 0.251. The van der Waals surface area contributed by atoms with Crippen molar-refractivity contribution in [2.24, 2.45) is 5.73 Å². The van der Waals surface area contributed by atoms with Gasteiger partial charge in [-0.2, -0.15) is 0 Å². The van der Waals surface area contributed by atoms with Gasteiger partial charge in [0, 0.05) is 43.3 Å². The fraction of sp³-hybridized carbons (Fsp3) is 0.300. The maximum atomic E-state index is 12.9. The molecule has 0 radical (unpaired) electrons. The zero-order valence-corrected chi connectivity index (χ0v) is 29.5. The van der Waals surface area contributed by atoms with E-state index in [1.54, 1.807) is 35.4 Å². The second kappa shape index (κ2) is 19.0. The number of aromatic nitrogens is 2. The second-order valence-corrected chi connectivity index (χ2v) is 13.1. The number of rotatable bonds is 14. The van der Waals surface area contributed by atoms with Crippen LogP contribution < -0.4 is 16.4 Å². The van der Waals surface area contributed by atoms with Gasteiger partial charge in [0.2, 0.25) is 0 Å².